The molecule has 0 N–H and O–H groups in total. The van der Waals surface area contributed by atoms with Gasteiger partial charge in [-0.2, -0.15) is 0 Å². The quantitative estimate of drug-likeness (QED) is 0.669. The summed E-state index contributed by atoms with van der Waals surface area (Å²) in [7, 11) is 0. The highest BCUT2D eigenvalue weighted by Gasteiger charge is 2.02. The average Bonchev–Trinajstić information content (AvgIpc) is 2.18. The Labute approximate surface area is 86.0 Å². The van der Waals surface area contributed by atoms with Gasteiger partial charge in [0.2, 0.25) is 5.28 Å². The van der Waals surface area contributed by atoms with Crippen LogP contribution in [-0.4, -0.2) is 19.9 Å². The van der Waals surface area contributed by atoms with Crippen molar-refractivity contribution in [3.8, 4) is 11.3 Å². The van der Waals surface area contributed by atoms with E-state index in [0.717, 1.165) is 17.0 Å². The minimum absolute atomic E-state index is 0.240. The first-order valence-electron chi connectivity index (χ1n) is 4.02. The van der Waals surface area contributed by atoms with E-state index in [4.69, 9.17) is 11.6 Å². The summed E-state index contributed by atoms with van der Waals surface area (Å²) in [4.78, 5) is 15.9. The summed E-state index contributed by atoms with van der Waals surface area (Å²) >= 11 is 5.74. The number of hydrogen-bond donors (Lipinski definition) is 0. The minimum atomic E-state index is 0.240. The van der Waals surface area contributed by atoms with E-state index < -0.39 is 0 Å². The second-order valence-electron chi connectivity index (χ2n) is 2.79. The minimum Gasteiger partial charge on any atom is -0.244 e. The Kier molecular flexibility index (Phi) is 2.37. The monoisotopic (exact) mass is 206 g/mol. The molecule has 2 aromatic rings. The zero-order chi connectivity index (χ0) is 9.97. The van der Waals surface area contributed by atoms with Gasteiger partial charge in [0.15, 0.2) is 0 Å². The molecule has 0 amide bonds. The smallest absolute Gasteiger partial charge is 0.223 e. The number of halogens is 1. The molecule has 0 aliphatic carbocycles. The average molecular weight is 207 g/mol. The first-order valence-corrected chi connectivity index (χ1v) is 4.40. The Hall–Kier alpha value is -1.55. The van der Waals surface area contributed by atoms with Gasteiger partial charge in [-0.25, -0.2) is 19.9 Å². The lowest BCUT2D eigenvalue weighted by atomic mass is 10.2. The molecule has 14 heavy (non-hydrogen) atoms. The van der Waals surface area contributed by atoms with Crippen LogP contribution in [0.2, 0.25) is 5.28 Å². The summed E-state index contributed by atoms with van der Waals surface area (Å²) in [6, 6.07) is 1.84. The maximum absolute atomic E-state index is 5.74. The van der Waals surface area contributed by atoms with Crippen LogP contribution in [0, 0.1) is 6.92 Å². The van der Waals surface area contributed by atoms with Crippen LogP contribution in [0.4, 0.5) is 0 Å². The third-order valence-corrected chi connectivity index (χ3v) is 1.85. The molecular formula is C9H7ClN4. The zero-order valence-corrected chi connectivity index (χ0v) is 8.23. The molecule has 2 rings (SSSR count). The van der Waals surface area contributed by atoms with Gasteiger partial charge in [0.25, 0.3) is 0 Å². The van der Waals surface area contributed by atoms with Crippen LogP contribution >= 0.6 is 11.6 Å². The molecule has 5 heteroatoms. The van der Waals surface area contributed by atoms with Crippen molar-refractivity contribution in [1.82, 2.24) is 19.9 Å². The molecule has 70 valence electrons. The highest BCUT2D eigenvalue weighted by Crippen LogP contribution is 2.16. The van der Waals surface area contributed by atoms with Crippen LogP contribution < -0.4 is 0 Å². The van der Waals surface area contributed by atoms with E-state index in [1.165, 1.54) is 6.33 Å². The van der Waals surface area contributed by atoms with Gasteiger partial charge in [0, 0.05) is 23.7 Å². The standard InChI is InChI=1S/C9H7ClN4/c1-6-2-8(14-9(10)13-6)7-3-11-5-12-4-7/h2-5H,1H3. The molecule has 0 atom stereocenters. The second kappa shape index (κ2) is 3.67. The van der Waals surface area contributed by atoms with E-state index in [1.807, 2.05) is 13.0 Å². The van der Waals surface area contributed by atoms with Crippen molar-refractivity contribution in [2.24, 2.45) is 0 Å². The molecular weight excluding hydrogens is 200 g/mol. The van der Waals surface area contributed by atoms with E-state index in [2.05, 4.69) is 19.9 Å². The lowest BCUT2D eigenvalue weighted by Crippen LogP contribution is -1.91. The van der Waals surface area contributed by atoms with E-state index in [9.17, 15) is 0 Å². The maximum Gasteiger partial charge on any atom is 0.223 e. The summed E-state index contributed by atoms with van der Waals surface area (Å²) in [5.41, 5.74) is 2.40. The Bertz CT molecular complexity index is 424. The predicted octanol–water partition coefficient (Wildman–Crippen LogP) is 1.90. The maximum atomic E-state index is 5.74. The summed E-state index contributed by atoms with van der Waals surface area (Å²) < 4.78 is 0. The Morgan fingerprint density at radius 3 is 2.50 bits per heavy atom. The Balaban J connectivity index is 2.52. The number of aromatic nitrogens is 4. The van der Waals surface area contributed by atoms with Crippen molar-refractivity contribution in [3.05, 3.63) is 35.8 Å². The van der Waals surface area contributed by atoms with Crippen LogP contribution in [0.15, 0.2) is 24.8 Å². The summed E-state index contributed by atoms with van der Waals surface area (Å²) in [6.45, 7) is 1.86. The highest BCUT2D eigenvalue weighted by molar-refractivity contribution is 6.28. The van der Waals surface area contributed by atoms with Crippen molar-refractivity contribution >= 4 is 11.6 Å². The first kappa shape index (κ1) is 9.02. The molecule has 0 aromatic carbocycles. The van der Waals surface area contributed by atoms with Gasteiger partial charge in [-0.1, -0.05) is 0 Å². The summed E-state index contributed by atoms with van der Waals surface area (Å²) in [5, 5.41) is 0.240. The normalized spacial score (nSPS) is 10.1. The van der Waals surface area contributed by atoms with Gasteiger partial charge in [-0.05, 0) is 24.6 Å². The van der Waals surface area contributed by atoms with Crippen LogP contribution in [0.25, 0.3) is 11.3 Å². The number of nitrogens with zero attached hydrogens (tertiary/aromatic N) is 4. The van der Waals surface area contributed by atoms with Gasteiger partial charge in [-0.3, -0.25) is 0 Å². The van der Waals surface area contributed by atoms with E-state index in [0.29, 0.717) is 0 Å². The van der Waals surface area contributed by atoms with Gasteiger partial charge in [0.1, 0.15) is 6.33 Å². The zero-order valence-electron chi connectivity index (χ0n) is 7.48. The SMILES string of the molecule is Cc1cc(-c2cncnc2)nc(Cl)n1. The Morgan fingerprint density at radius 1 is 1.14 bits per heavy atom. The van der Waals surface area contributed by atoms with Crippen LogP contribution in [0.3, 0.4) is 0 Å². The molecule has 0 unspecified atom stereocenters. The molecule has 0 saturated heterocycles. The molecule has 0 bridgehead atoms. The molecule has 2 heterocycles. The molecule has 4 nitrogen and oxygen atoms in total. The van der Waals surface area contributed by atoms with Crippen LogP contribution in [0.1, 0.15) is 5.69 Å². The highest BCUT2D eigenvalue weighted by atomic mass is 35.5. The lowest BCUT2D eigenvalue weighted by Gasteiger charge is -2.00. The third kappa shape index (κ3) is 1.85. The Morgan fingerprint density at radius 2 is 1.86 bits per heavy atom. The van der Waals surface area contributed by atoms with Crippen molar-refractivity contribution in [2.45, 2.75) is 6.92 Å². The number of hydrogen-bond acceptors (Lipinski definition) is 4. The van der Waals surface area contributed by atoms with Gasteiger partial charge < -0.3 is 0 Å². The van der Waals surface area contributed by atoms with Gasteiger partial charge in [-0.15, -0.1) is 0 Å². The van der Waals surface area contributed by atoms with E-state index in [-0.39, 0.29) is 5.28 Å². The third-order valence-electron chi connectivity index (χ3n) is 1.68. The molecule has 0 spiro atoms. The fourth-order valence-corrected chi connectivity index (χ4v) is 1.34. The fourth-order valence-electron chi connectivity index (χ4n) is 1.11. The van der Waals surface area contributed by atoms with Gasteiger partial charge >= 0.3 is 0 Å². The molecule has 0 aliphatic rings. The fraction of sp³-hybridized carbons (Fsp3) is 0.111. The predicted molar refractivity (Wildman–Crippen MR) is 52.8 cm³/mol. The van der Waals surface area contributed by atoms with Crippen molar-refractivity contribution in [1.29, 1.82) is 0 Å². The molecule has 0 fully saturated rings. The van der Waals surface area contributed by atoms with E-state index >= 15 is 0 Å². The summed E-state index contributed by atoms with van der Waals surface area (Å²) in [6.07, 6.45) is 4.84. The summed E-state index contributed by atoms with van der Waals surface area (Å²) in [5.74, 6) is 0. The van der Waals surface area contributed by atoms with Crippen LogP contribution in [0.5, 0.6) is 0 Å². The molecule has 0 saturated carbocycles. The topological polar surface area (TPSA) is 51.6 Å². The lowest BCUT2D eigenvalue weighted by molar-refractivity contribution is 1.09. The number of aryl methyl sites for hydroxylation is 1. The second-order valence-corrected chi connectivity index (χ2v) is 3.13. The number of rotatable bonds is 1. The molecule has 0 radical (unpaired) electrons. The molecule has 0 aliphatic heterocycles. The van der Waals surface area contributed by atoms with Crippen molar-refractivity contribution in [3.63, 3.8) is 0 Å². The largest absolute Gasteiger partial charge is 0.244 e. The van der Waals surface area contributed by atoms with Crippen molar-refractivity contribution < 1.29 is 0 Å². The van der Waals surface area contributed by atoms with E-state index in [1.54, 1.807) is 12.4 Å². The molecule has 2 aromatic heterocycles. The van der Waals surface area contributed by atoms with Crippen LogP contribution in [-0.2, 0) is 0 Å². The van der Waals surface area contributed by atoms with Crippen molar-refractivity contribution in [2.75, 3.05) is 0 Å². The van der Waals surface area contributed by atoms with Gasteiger partial charge in [0.05, 0.1) is 5.69 Å². The first-order chi connectivity index (χ1) is 6.75.